The van der Waals surface area contributed by atoms with Crippen molar-refractivity contribution in [2.24, 2.45) is 23.7 Å². The number of carbonyl (C=O) groups is 1. The lowest BCUT2D eigenvalue weighted by Gasteiger charge is -2.51. The number of carbonyl (C=O) groups excluding carboxylic acids is 1. The average Bonchev–Trinajstić information content (AvgIpc) is 3.82. The third kappa shape index (κ3) is 13.9. The number of hydrogen-bond donors (Lipinski definition) is 6. The Morgan fingerprint density at radius 3 is 2.19 bits per heavy atom. The largest absolute Gasteiger partial charge is 0.459 e. The highest BCUT2D eigenvalue weighted by Crippen LogP contribution is 2.45. The molecule has 3 aliphatic heterocycles. The lowest BCUT2D eigenvalue weighted by molar-refractivity contribution is -0.302. The molecule has 20 nitrogen and oxygen atoms in total. The monoisotopic (exact) mass is 1090 g/mol. The van der Waals surface area contributed by atoms with Gasteiger partial charge < -0.3 is 68.9 Å². The number of nitrogens with zero attached hydrogens (tertiary/aromatic N) is 5. The molecule has 0 bridgehead atoms. The van der Waals surface area contributed by atoms with E-state index < -0.39 is 147 Å². The second-order valence-electron chi connectivity index (χ2n) is 22.5. The van der Waals surface area contributed by atoms with Crippen molar-refractivity contribution in [3.63, 3.8) is 0 Å². The molecule has 430 valence electrons. The summed E-state index contributed by atoms with van der Waals surface area (Å²) in [6, 6.07) is 2.83. The summed E-state index contributed by atoms with van der Waals surface area (Å²) in [6.45, 7) is 17.8. The van der Waals surface area contributed by atoms with Crippen molar-refractivity contribution >= 4 is 15.8 Å². The van der Waals surface area contributed by atoms with Crippen molar-refractivity contribution in [3.05, 3.63) is 41.7 Å². The Morgan fingerprint density at radius 2 is 1.61 bits per heavy atom. The molecule has 75 heavy (non-hydrogen) atoms. The number of aliphatic hydroxyl groups excluding tert-OH is 4. The Bertz CT molecular complexity index is 2250. The van der Waals surface area contributed by atoms with Gasteiger partial charge in [-0.3, -0.25) is 4.79 Å². The Hall–Kier alpha value is -2.88. The van der Waals surface area contributed by atoms with Crippen LogP contribution in [0.4, 0.5) is 8.78 Å². The van der Waals surface area contributed by atoms with E-state index in [1.165, 1.54) is 38.0 Å². The van der Waals surface area contributed by atoms with Gasteiger partial charge in [-0.05, 0) is 104 Å². The molecule has 6 N–H and O–H groups in total. The minimum absolute atomic E-state index is 0.143. The summed E-state index contributed by atoms with van der Waals surface area (Å²) in [5, 5.41) is 79.2. The molecule has 20 atom stereocenters. The molecule has 4 heterocycles. The van der Waals surface area contributed by atoms with Gasteiger partial charge in [-0.25, -0.2) is 13.1 Å². The molecule has 0 amide bonds. The number of alkyl halides is 2. The summed E-state index contributed by atoms with van der Waals surface area (Å²) in [5.41, 5.74) is -3.67. The van der Waals surface area contributed by atoms with Gasteiger partial charge in [-0.1, -0.05) is 45.0 Å². The first-order valence-electron chi connectivity index (χ1n) is 26.2. The number of halogens is 2. The zero-order valence-corrected chi connectivity index (χ0v) is 47.0. The van der Waals surface area contributed by atoms with E-state index in [0.717, 1.165) is 12.1 Å². The van der Waals surface area contributed by atoms with Crippen molar-refractivity contribution < 1.29 is 81.1 Å². The second-order valence-corrected chi connectivity index (χ2v) is 24.4. The smallest absolute Gasteiger partial charge is 0.341 e. The fraction of sp³-hybridized carbons (Fsp3) is 0.827. The van der Waals surface area contributed by atoms with E-state index in [9.17, 15) is 52.6 Å². The van der Waals surface area contributed by atoms with Crippen molar-refractivity contribution in [1.82, 2.24) is 24.8 Å². The number of cyclic esters (lactones) is 1. The predicted octanol–water partition coefficient (Wildman–Crippen LogP) is 3.30. The number of hydrogen-bond acceptors (Lipinski definition) is 19. The van der Waals surface area contributed by atoms with Crippen molar-refractivity contribution in [2.45, 2.75) is 208 Å². The van der Waals surface area contributed by atoms with Crippen LogP contribution >= 0.6 is 0 Å². The SMILES string of the molecule is CC[C@H]1OC(=O)[C@H](C)[C@@H](C2C[C@@](C)(OC)[C@@H](O)[C@H](C)O2)[C@H](C)[C@@H](O[C@@H]2O[C@H](C)C[C@H](N(C)CCc3cn([C@H](CO)[C@H](OC)c4ccc(S(=O)(=O)C(F)F)cc4)nn3)[C@H]2O)[C@](C)(O)C[C@@H](C)CN(C)[C@H](C)[C@@H](O)[C@]1(C)O. The van der Waals surface area contributed by atoms with E-state index in [0.29, 0.717) is 37.2 Å². The summed E-state index contributed by atoms with van der Waals surface area (Å²) in [5.74, 6) is -7.00. The summed E-state index contributed by atoms with van der Waals surface area (Å²) in [7, 11) is 1.73. The minimum Gasteiger partial charge on any atom is -0.459 e. The summed E-state index contributed by atoms with van der Waals surface area (Å²) in [4.78, 5) is 17.9. The molecule has 1 aromatic carbocycles. The number of rotatable bonds is 16. The van der Waals surface area contributed by atoms with E-state index in [2.05, 4.69) is 10.3 Å². The number of benzene rings is 1. The molecule has 0 spiro atoms. The van der Waals surface area contributed by atoms with Crippen LogP contribution in [0.2, 0.25) is 0 Å². The van der Waals surface area contributed by atoms with Crippen LogP contribution in [0.25, 0.3) is 0 Å². The molecule has 0 radical (unpaired) electrons. The van der Waals surface area contributed by atoms with Crippen LogP contribution in [0.5, 0.6) is 0 Å². The number of sulfone groups is 1. The fourth-order valence-corrected chi connectivity index (χ4v) is 12.8. The van der Waals surface area contributed by atoms with Gasteiger partial charge in [-0.15, -0.1) is 5.10 Å². The zero-order chi connectivity index (χ0) is 56.3. The van der Waals surface area contributed by atoms with Crippen LogP contribution < -0.4 is 0 Å². The van der Waals surface area contributed by atoms with Gasteiger partial charge in [0.15, 0.2) is 6.29 Å². The first kappa shape index (κ1) is 63.0. The molecular weight excluding hydrogens is 1000 g/mol. The number of aliphatic hydroxyl groups is 6. The molecule has 0 saturated carbocycles. The quantitative estimate of drug-likeness (QED) is 0.132. The lowest BCUT2D eigenvalue weighted by atomic mass is 9.68. The van der Waals surface area contributed by atoms with Crippen LogP contribution in [-0.4, -0.2) is 208 Å². The van der Waals surface area contributed by atoms with Crippen molar-refractivity contribution in [3.8, 4) is 0 Å². The molecule has 5 rings (SSSR count). The standard InChI is InChI=1S/C52H87F2N5O15S/c1-15-40-52(10,66)44(62)32(6)58(12)25-28(2)23-50(8,65)46(30(4)41(31(5)47(64)73-40)39-24-51(9,70-14)45(63)33(7)72-39)74-48-42(61)37(22-29(3)71-48)57(11)21-20-35-26-59(56-55-35)38(27-60)43(69-13)34-16-18-36(19-17-34)75(67,68)49(53)54/h16-19,26,28-33,37-46,48-49,60-63,65-66H,15,20-25,27H2,1-14H3/t28-,29-,30+,31-,32-,33+,37+,38-,39?,40-,41+,42-,43-,44-,45+,46-,48+,50-,51-,52-/m1/s1. The number of aromatic nitrogens is 3. The second kappa shape index (κ2) is 25.5. The van der Waals surface area contributed by atoms with Crippen molar-refractivity contribution in [2.75, 3.05) is 48.0 Å². The molecule has 3 fully saturated rings. The molecule has 1 unspecified atom stereocenters. The van der Waals surface area contributed by atoms with Crippen LogP contribution in [0, 0.1) is 23.7 Å². The van der Waals surface area contributed by atoms with Gasteiger partial charge >= 0.3 is 11.7 Å². The number of ether oxygens (including phenoxy) is 6. The highest BCUT2D eigenvalue weighted by molar-refractivity contribution is 7.91. The lowest BCUT2D eigenvalue weighted by Crippen LogP contribution is -2.62. The third-order valence-corrected chi connectivity index (χ3v) is 18.0. The highest BCUT2D eigenvalue weighted by Gasteiger charge is 2.55. The average molecular weight is 1090 g/mol. The van der Waals surface area contributed by atoms with Crippen LogP contribution in [-0.2, 0) is 49.5 Å². The van der Waals surface area contributed by atoms with E-state index >= 15 is 0 Å². The van der Waals surface area contributed by atoms with Gasteiger partial charge in [0.1, 0.15) is 42.2 Å². The topological polar surface area (TPSA) is 265 Å². The highest BCUT2D eigenvalue weighted by atomic mass is 32.2. The van der Waals surface area contributed by atoms with Crippen LogP contribution in [0.3, 0.4) is 0 Å². The molecule has 0 aliphatic carbocycles. The van der Waals surface area contributed by atoms with Crippen LogP contribution in [0.1, 0.15) is 118 Å². The molecule has 1 aromatic heterocycles. The van der Waals surface area contributed by atoms with Gasteiger partial charge in [0, 0.05) is 64.3 Å². The Balaban J connectivity index is 1.44. The number of esters is 1. The normalized spacial score (nSPS) is 39.2. The maximum atomic E-state index is 14.6. The first-order valence-corrected chi connectivity index (χ1v) is 27.7. The predicted molar refractivity (Wildman–Crippen MR) is 271 cm³/mol. The van der Waals surface area contributed by atoms with Gasteiger partial charge in [-0.2, -0.15) is 8.78 Å². The summed E-state index contributed by atoms with van der Waals surface area (Å²) >= 11 is 0. The van der Waals surface area contributed by atoms with Crippen molar-refractivity contribution in [1.29, 1.82) is 0 Å². The van der Waals surface area contributed by atoms with E-state index in [-0.39, 0.29) is 25.2 Å². The summed E-state index contributed by atoms with van der Waals surface area (Å²) < 4.78 is 89.6. The molecule has 3 aliphatic rings. The Morgan fingerprint density at radius 1 is 0.973 bits per heavy atom. The van der Waals surface area contributed by atoms with E-state index in [1.807, 2.05) is 44.7 Å². The summed E-state index contributed by atoms with van der Waals surface area (Å²) in [6.07, 6.45) is -7.09. The maximum Gasteiger partial charge on any atom is 0.341 e. The molecule has 23 heteroatoms. The molecule has 2 aromatic rings. The third-order valence-electron chi connectivity index (χ3n) is 16.6. The van der Waals surface area contributed by atoms with Crippen LogP contribution in [0.15, 0.2) is 35.4 Å². The minimum atomic E-state index is -4.82. The van der Waals surface area contributed by atoms with Gasteiger partial charge in [0.05, 0.1) is 58.7 Å². The van der Waals surface area contributed by atoms with Gasteiger partial charge in [0.2, 0.25) is 9.84 Å². The van der Waals surface area contributed by atoms with E-state index in [4.69, 9.17) is 28.4 Å². The number of likely N-dealkylation sites (N-methyl/N-ethyl adjacent to an activating group) is 2. The molecule has 3 saturated heterocycles. The van der Waals surface area contributed by atoms with E-state index in [1.54, 1.807) is 47.7 Å². The Kier molecular flexibility index (Phi) is 21.4. The molecular formula is C52H87F2N5O15S. The zero-order valence-electron chi connectivity index (χ0n) is 46.2. The fourth-order valence-electron chi connectivity index (χ4n) is 12.0. The number of methoxy groups -OCH3 is 2. The van der Waals surface area contributed by atoms with Gasteiger partial charge in [0.25, 0.3) is 0 Å². The Labute approximate surface area is 441 Å². The maximum absolute atomic E-state index is 14.6. The first-order chi connectivity index (χ1) is 34.9.